The molecule has 0 saturated heterocycles. The number of carbonyl (C=O) groups is 1. The van der Waals surface area contributed by atoms with Crippen LogP contribution in [0.5, 0.6) is 0 Å². The molecule has 0 atom stereocenters. The number of aryl methyl sites for hydroxylation is 1. The van der Waals surface area contributed by atoms with E-state index in [9.17, 15) is 18.0 Å². The average Bonchev–Trinajstić information content (AvgIpc) is 3.15. The molecule has 1 N–H and O–H groups in total. The maximum absolute atomic E-state index is 13.3. The normalized spacial score (nSPS) is 11.8. The molecule has 6 nitrogen and oxygen atoms in total. The zero-order valence-electron chi connectivity index (χ0n) is 17.6. The smallest absolute Gasteiger partial charge is 0.320 e. The van der Waals surface area contributed by atoms with E-state index in [1.54, 1.807) is 6.92 Å². The molecule has 0 spiro atoms. The Hall–Kier alpha value is -3.75. The van der Waals surface area contributed by atoms with Crippen LogP contribution in [0.25, 0.3) is 16.8 Å². The summed E-state index contributed by atoms with van der Waals surface area (Å²) in [5, 5.41) is 15.2. The molecule has 2 heterocycles. The molecule has 2 aromatic heterocycles. The van der Waals surface area contributed by atoms with Gasteiger partial charge in [0.25, 0.3) is 5.91 Å². The molecule has 4 rings (SSSR count). The number of carbonyl (C=O) groups excluding carboxylic acids is 1. The molecule has 32 heavy (non-hydrogen) atoms. The molecule has 0 fully saturated rings. The topological polar surface area (TPSA) is 72.2 Å². The Bertz CT molecular complexity index is 1300. The lowest BCUT2D eigenvalue weighted by Gasteiger charge is -2.13. The van der Waals surface area contributed by atoms with E-state index < -0.39 is 17.6 Å². The van der Waals surface area contributed by atoms with Crippen molar-refractivity contribution in [3.8, 4) is 11.1 Å². The minimum absolute atomic E-state index is 0.0715. The number of alkyl halides is 3. The molecular formula is C23H20F3N5O. The predicted octanol–water partition coefficient (Wildman–Crippen LogP) is 5.49. The highest BCUT2D eigenvalue weighted by Gasteiger charge is 2.34. The van der Waals surface area contributed by atoms with E-state index in [4.69, 9.17) is 0 Å². The maximum Gasteiger partial charge on any atom is 0.418 e. The lowest BCUT2D eigenvalue weighted by Crippen LogP contribution is -2.20. The third-order valence-corrected chi connectivity index (χ3v) is 5.10. The summed E-state index contributed by atoms with van der Waals surface area (Å²) in [6.45, 7) is 5.63. The SMILES string of the molecule is Cc1c(C(=O)Nc2ccccc2C(F)(F)F)nnc2c(-c3ccccc3)c(C(C)C)nn12. The van der Waals surface area contributed by atoms with Crippen LogP contribution in [0.3, 0.4) is 0 Å². The van der Waals surface area contributed by atoms with E-state index in [0.29, 0.717) is 11.3 Å². The van der Waals surface area contributed by atoms with Crippen molar-refractivity contribution in [3.63, 3.8) is 0 Å². The molecule has 0 unspecified atom stereocenters. The van der Waals surface area contributed by atoms with E-state index in [-0.39, 0.29) is 17.3 Å². The standard InChI is InChI=1S/C23H20F3N5O/c1-13(2)19-18(15-9-5-4-6-10-15)21-29-28-20(14(3)31(21)30-19)22(32)27-17-12-8-7-11-16(17)23(24,25)26/h4-13H,1-3H3,(H,27,32). The number of hydrogen-bond acceptors (Lipinski definition) is 4. The average molecular weight is 439 g/mol. The van der Waals surface area contributed by atoms with Crippen LogP contribution in [0, 0.1) is 6.92 Å². The van der Waals surface area contributed by atoms with Crippen molar-refractivity contribution in [1.29, 1.82) is 0 Å². The number of benzene rings is 2. The summed E-state index contributed by atoms with van der Waals surface area (Å²) in [6, 6.07) is 14.4. The van der Waals surface area contributed by atoms with E-state index in [2.05, 4.69) is 20.6 Å². The second kappa shape index (κ2) is 8.07. The van der Waals surface area contributed by atoms with Crippen molar-refractivity contribution in [2.45, 2.75) is 32.9 Å². The van der Waals surface area contributed by atoms with Crippen LogP contribution in [0.15, 0.2) is 54.6 Å². The fourth-order valence-electron chi connectivity index (χ4n) is 3.54. The Morgan fingerprint density at radius 2 is 1.66 bits per heavy atom. The number of nitrogens with zero attached hydrogens (tertiary/aromatic N) is 4. The van der Waals surface area contributed by atoms with Crippen LogP contribution < -0.4 is 5.32 Å². The highest BCUT2D eigenvalue weighted by molar-refractivity contribution is 6.04. The summed E-state index contributed by atoms with van der Waals surface area (Å²) >= 11 is 0. The quantitative estimate of drug-likeness (QED) is 0.456. The summed E-state index contributed by atoms with van der Waals surface area (Å²) in [5.74, 6) is -0.723. The summed E-state index contributed by atoms with van der Waals surface area (Å²) in [6.07, 6.45) is -4.60. The van der Waals surface area contributed by atoms with Crippen LogP contribution >= 0.6 is 0 Å². The van der Waals surface area contributed by atoms with E-state index >= 15 is 0 Å². The van der Waals surface area contributed by atoms with E-state index in [1.807, 2.05) is 44.2 Å². The highest BCUT2D eigenvalue weighted by Crippen LogP contribution is 2.35. The molecule has 0 aliphatic heterocycles. The molecule has 4 aromatic rings. The van der Waals surface area contributed by atoms with Gasteiger partial charge in [0.1, 0.15) is 0 Å². The van der Waals surface area contributed by atoms with Gasteiger partial charge in [0, 0.05) is 0 Å². The molecular weight excluding hydrogens is 419 g/mol. The van der Waals surface area contributed by atoms with Gasteiger partial charge in [0.05, 0.1) is 28.2 Å². The second-order valence-electron chi connectivity index (χ2n) is 7.65. The summed E-state index contributed by atoms with van der Waals surface area (Å²) in [4.78, 5) is 12.8. The van der Waals surface area contributed by atoms with Gasteiger partial charge < -0.3 is 5.32 Å². The van der Waals surface area contributed by atoms with Gasteiger partial charge >= 0.3 is 6.18 Å². The number of hydrogen-bond donors (Lipinski definition) is 1. The highest BCUT2D eigenvalue weighted by atomic mass is 19.4. The first-order valence-electron chi connectivity index (χ1n) is 9.97. The first-order valence-corrected chi connectivity index (χ1v) is 9.97. The Morgan fingerprint density at radius 1 is 1.00 bits per heavy atom. The van der Waals surface area contributed by atoms with Gasteiger partial charge in [-0.05, 0) is 30.5 Å². The molecule has 0 bridgehead atoms. The fourth-order valence-corrected chi connectivity index (χ4v) is 3.54. The number of amides is 1. The van der Waals surface area contributed by atoms with Crippen molar-refractivity contribution in [3.05, 3.63) is 77.2 Å². The lowest BCUT2D eigenvalue weighted by molar-refractivity contribution is -0.136. The number of nitrogens with one attached hydrogen (secondary N) is 1. The maximum atomic E-state index is 13.3. The zero-order valence-corrected chi connectivity index (χ0v) is 17.6. The molecule has 0 radical (unpaired) electrons. The van der Waals surface area contributed by atoms with Crippen LogP contribution in [-0.2, 0) is 6.18 Å². The van der Waals surface area contributed by atoms with Gasteiger partial charge in [-0.15, -0.1) is 10.2 Å². The Kier molecular flexibility index (Phi) is 5.41. The van der Waals surface area contributed by atoms with Crippen molar-refractivity contribution in [2.75, 3.05) is 5.32 Å². The minimum Gasteiger partial charge on any atom is -0.320 e. The Morgan fingerprint density at radius 3 is 2.31 bits per heavy atom. The van der Waals surface area contributed by atoms with E-state index in [0.717, 1.165) is 22.9 Å². The van der Waals surface area contributed by atoms with Crippen LogP contribution in [0.2, 0.25) is 0 Å². The van der Waals surface area contributed by atoms with Gasteiger partial charge in [-0.2, -0.15) is 18.3 Å². The van der Waals surface area contributed by atoms with Crippen molar-refractivity contribution >= 4 is 17.2 Å². The first-order chi connectivity index (χ1) is 15.2. The van der Waals surface area contributed by atoms with Gasteiger partial charge in [0.2, 0.25) is 0 Å². The first kappa shape index (κ1) is 21.5. The molecule has 1 amide bonds. The Labute approximate surface area is 182 Å². The largest absolute Gasteiger partial charge is 0.418 e. The van der Waals surface area contributed by atoms with Crippen molar-refractivity contribution < 1.29 is 18.0 Å². The van der Waals surface area contributed by atoms with Gasteiger partial charge in [-0.1, -0.05) is 56.3 Å². The fraction of sp³-hybridized carbons (Fsp3) is 0.217. The molecule has 0 aliphatic carbocycles. The minimum atomic E-state index is -4.60. The number of anilines is 1. The zero-order chi connectivity index (χ0) is 23.0. The lowest BCUT2D eigenvalue weighted by atomic mass is 10.00. The van der Waals surface area contributed by atoms with Gasteiger partial charge in [-0.3, -0.25) is 4.79 Å². The molecule has 2 aromatic carbocycles. The predicted molar refractivity (Wildman–Crippen MR) is 114 cm³/mol. The monoisotopic (exact) mass is 439 g/mol. The van der Waals surface area contributed by atoms with Crippen LogP contribution in [-0.4, -0.2) is 25.7 Å². The number of fused-ring (bicyclic) bond motifs is 1. The van der Waals surface area contributed by atoms with E-state index in [1.165, 1.54) is 22.7 Å². The molecule has 0 aliphatic rings. The molecule has 164 valence electrons. The van der Waals surface area contributed by atoms with Crippen molar-refractivity contribution in [2.24, 2.45) is 0 Å². The van der Waals surface area contributed by atoms with Crippen molar-refractivity contribution in [1.82, 2.24) is 19.8 Å². The van der Waals surface area contributed by atoms with Gasteiger partial charge in [-0.25, -0.2) is 4.52 Å². The van der Waals surface area contributed by atoms with Crippen LogP contribution in [0.4, 0.5) is 18.9 Å². The number of halogens is 3. The van der Waals surface area contributed by atoms with Gasteiger partial charge in [0.15, 0.2) is 11.3 Å². The summed E-state index contributed by atoms with van der Waals surface area (Å²) in [5.41, 5.74) is 1.97. The third-order valence-electron chi connectivity index (χ3n) is 5.10. The number of rotatable bonds is 4. The van der Waals surface area contributed by atoms with Crippen LogP contribution in [0.1, 0.15) is 47.2 Å². The molecule has 9 heteroatoms. The summed E-state index contributed by atoms with van der Waals surface area (Å²) in [7, 11) is 0. The second-order valence-corrected chi connectivity index (χ2v) is 7.65. The Balaban J connectivity index is 1.80. The summed E-state index contributed by atoms with van der Waals surface area (Å²) < 4.78 is 41.4. The molecule has 0 saturated carbocycles. The third kappa shape index (κ3) is 3.81. The number of para-hydroxylation sites is 1. The number of aromatic nitrogens is 4.